The first-order valence-electron chi connectivity index (χ1n) is 4.59. The second-order valence-electron chi connectivity index (χ2n) is 3.15. The number of ether oxygens (including phenoxy) is 1. The number of hydrogen-bond donors (Lipinski definition) is 1. The van der Waals surface area contributed by atoms with Gasteiger partial charge in [-0.2, -0.15) is 0 Å². The summed E-state index contributed by atoms with van der Waals surface area (Å²) in [5, 5.41) is 2.63. The second-order valence-corrected chi connectivity index (χ2v) is 3.15. The van der Waals surface area contributed by atoms with Crippen LogP contribution < -0.4 is 5.32 Å². The third-order valence-electron chi connectivity index (χ3n) is 1.99. The molecule has 0 unspecified atom stereocenters. The molecule has 0 saturated heterocycles. The van der Waals surface area contributed by atoms with Crippen LogP contribution in [0.3, 0.4) is 0 Å². The standard InChI is InChI=1S/C11H15NO2/c1-9-3-5-10(6-4-9)7-8-12-11(13)14-2/h3-6H,7-8H2,1-2H3,(H,12,13). The normalized spacial score (nSPS) is 9.57. The lowest BCUT2D eigenvalue weighted by Crippen LogP contribution is -2.25. The van der Waals surface area contributed by atoms with E-state index in [1.807, 2.05) is 0 Å². The van der Waals surface area contributed by atoms with Crippen molar-refractivity contribution in [2.24, 2.45) is 0 Å². The lowest BCUT2D eigenvalue weighted by atomic mass is 10.1. The maximum Gasteiger partial charge on any atom is 0.406 e. The summed E-state index contributed by atoms with van der Waals surface area (Å²) in [4.78, 5) is 10.7. The highest BCUT2D eigenvalue weighted by atomic mass is 16.5. The second kappa shape index (κ2) is 5.27. The van der Waals surface area contributed by atoms with Gasteiger partial charge in [0.25, 0.3) is 0 Å². The highest BCUT2D eigenvalue weighted by Crippen LogP contribution is 2.02. The van der Waals surface area contributed by atoms with Crippen LogP contribution in [-0.4, -0.2) is 19.7 Å². The summed E-state index contributed by atoms with van der Waals surface area (Å²) in [5.41, 5.74) is 2.46. The van der Waals surface area contributed by atoms with E-state index in [0.29, 0.717) is 6.54 Å². The largest absolute Gasteiger partial charge is 0.453 e. The first-order chi connectivity index (χ1) is 6.72. The first kappa shape index (κ1) is 10.6. The predicted octanol–water partition coefficient (Wildman–Crippen LogP) is 1.89. The van der Waals surface area contributed by atoms with Crippen molar-refractivity contribution in [3.63, 3.8) is 0 Å². The zero-order chi connectivity index (χ0) is 10.4. The lowest BCUT2D eigenvalue weighted by Gasteiger charge is -2.03. The molecule has 0 aliphatic rings. The van der Waals surface area contributed by atoms with Gasteiger partial charge in [-0.1, -0.05) is 29.8 Å². The average Bonchev–Trinajstić information content (AvgIpc) is 2.21. The minimum Gasteiger partial charge on any atom is -0.453 e. The van der Waals surface area contributed by atoms with Crippen LogP contribution in [0.2, 0.25) is 0 Å². The predicted molar refractivity (Wildman–Crippen MR) is 55.3 cm³/mol. The molecule has 1 aromatic carbocycles. The molecule has 1 N–H and O–H groups in total. The summed E-state index contributed by atoms with van der Waals surface area (Å²) in [7, 11) is 1.36. The van der Waals surface area contributed by atoms with Crippen molar-refractivity contribution in [3.05, 3.63) is 35.4 Å². The topological polar surface area (TPSA) is 38.3 Å². The average molecular weight is 193 g/mol. The Morgan fingerprint density at radius 3 is 2.57 bits per heavy atom. The Morgan fingerprint density at radius 2 is 2.00 bits per heavy atom. The SMILES string of the molecule is COC(=O)NCCc1ccc(C)cc1. The molecule has 0 atom stereocenters. The molecule has 14 heavy (non-hydrogen) atoms. The molecule has 0 bridgehead atoms. The van der Waals surface area contributed by atoms with E-state index in [4.69, 9.17) is 0 Å². The number of hydrogen-bond acceptors (Lipinski definition) is 2. The lowest BCUT2D eigenvalue weighted by molar-refractivity contribution is 0.171. The van der Waals surface area contributed by atoms with Crippen molar-refractivity contribution in [1.82, 2.24) is 5.32 Å². The van der Waals surface area contributed by atoms with Crippen LogP contribution in [0, 0.1) is 6.92 Å². The Balaban J connectivity index is 2.31. The van der Waals surface area contributed by atoms with E-state index >= 15 is 0 Å². The number of carbonyl (C=O) groups is 1. The highest BCUT2D eigenvalue weighted by Gasteiger charge is 1.97. The van der Waals surface area contributed by atoms with E-state index in [1.54, 1.807) is 0 Å². The number of methoxy groups -OCH3 is 1. The molecular weight excluding hydrogens is 178 g/mol. The molecule has 1 aromatic rings. The van der Waals surface area contributed by atoms with Gasteiger partial charge >= 0.3 is 6.09 Å². The molecule has 76 valence electrons. The molecular formula is C11H15NO2. The van der Waals surface area contributed by atoms with E-state index in [0.717, 1.165) is 6.42 Å². The van der Waals surface area contributed by atoms with Gasteiger partial charge in [0.2, 0.25) is 0 Å². The molecule has 0 aromatic heterocycles. The van der Waals surface area contributed by atoms with Crippen molar-refractivity contribution >= 4 is 6.09 Å². The van der Waals surface area contributed by atoms with Crippen LogP contribution >= 0.6 is 0 Å². The maximum atomic E-state index is 10.7. The summed E-state index contributed by atoms with van der Waals surface area (Å²) in [5.74, 6) is 0. The Hall–Kier alpha value is -1.51. The van der Waals surface area contributed by atoms with Gasteiger partial charge in [-0.3, -0.25) is 0 Å². The molecule has 1 amide bonds. The molecule has 0 aliphatic heterocycles. The molecule has 0 radical (unpaired) electrons. The summed E-state index contributed by atoms with van der Waals surface area (Å²) in [6, 6.07) is 8.25. The van der Waals surface area contributed by atoms with Crippen molar-refractivity contribution in [3.8, 4) is 0 Å². The van der Waals surface area contributed by atoms with Gasteiger partial charge in [-0.25, -0.2) is 4.79 Å². The molecule has 0 saturated carbocycles. The van der Waals surface area contributed by atoms with E-state index in [2.05, 4.69) is 41.2 Å². The van der Waals surface area contributed by atoms with Crippen molar-refractivity contribution in [2.75, 3.05) is 13.7 Å². The minimum absolute atomic E-state index is 0.378. The van der Waals surface area contributed by atoms with Crippen LogP contribution in [0.15, 0.2) is 24.3 Å². The van der Waals surface area contributed by atoms with Crippen LogP contribution in [0.25, 0.3) is 0 Å². The van der Waals surface area contributed by atoms with Gasteiger partial charge < -0.3 is 10.1 Å². The molecule has 0 fully saturated rings. The van der Waals surface area contributed by atoms with Gasteiger partial charge in [-0.15, -0.1) is 0 Å². The van der Waals surface area contributed by atoms with Crippen LogP contribution in [0.5, 0.6) is 0 Å². The Labute approximate surface area is 84.1 Å². The monoisotopic (exact) mass is 193 g/mol. The van der Waals surface area contributed by atoms with Gasteiger partial charge in [0.1, 0.15) is 0 Å². The summed E-state index contributed by atoms with van der Waals surface area (Å²) >= 11 is 0. The van der Waals surface area contributed by atoms with E-state index in [-0.39, 0.29) is 6.09 Å². The van der Waals surface area contributed by atoms with Gasteiger partial charge in [-0.05, 0) is 18.9 Å². The number of nitrogens with one attached hydrogen (secondary N) is 1. The molecule has 3 heteroatoms. The number of benzene rings is 1. The molecule has 1 rings (SSSR count). The summed E-state index contributed by atoms with van der Waals surface area (Å²) < 4.78 is 4.46. The van der Waals surface area contributed by atoms with Gasteiger partial charge in [0.15, 0.2) is 0 Å². The van der Waals surface area contributed by atoms with Crippen LogP contribution in [-0.2, 0) is 11.2 Å². The zero-order valence-electron chi connectivity index (χ0n) is 8.54. The minimum atomic E-state index is -0.378. The molecule has 0 aliphatic carbocycles. The first-order valence-corrected chi connectivity index (χ1v) is 4.59. The van der Waals surface area contributed by atoms with Crippen LogP contribution in [0.1, 0.15) is 11.1 Å². The number of alkyl carbamates (subject to hydrolysis) is 1. The van der Waals surface area contributed by atoms with E-state index < -0.39 is 0 Å². The highest BCUT2D eigenvalue weighted by molar-refractivity contribution is 5.66. The van der Waals surface area contributed by atoms with E-state index in [9.17, 15) is 4.79 Å². The molecule has 0 spiro atoms. The summed E-state index contributed by atoms with van der Waals surface area (Å²) in [6.07, 6.45) is 0.451. The van der Waals surface area contributed by atoms with Gasteiger partial charge in [0.05, 0.1) is 7.11 Å². The zero-order valence-corrected chi connectivity index (χ0v) is 8.54. The van der Waals surface area contributed by atoms with Gasteiger partial charge in [0, 0.05) is 6.54 Å². The molecule has 3 nitrogen and oxygen atoms in total. The van der Waals surface area contributed by atoms with Crippen LogP contribution in [0.4, 0.5) is 4.79 Å². The third-order valence-corrected chi connectivity index (χ3v) is 1.99. The smallest absolute Gasteiger partial charge is 0.406 e. The fourth-order valence-electron chi connectivity index (χ4n) is 1.14. The Kier molecular flexibility index (Phi) is 3.98. The quantitative estimate of drug-likeness (QED) is 0.796. The van der Waals surface area contributed by atoms with Crippen molar-refractivity contribution in [1.29, 1.82) is 0 Å². The maximum absolute atomic E-state index is 10.7. The number of aryl methyl sites for hydroxylation is 1. The van der Waals surface area contributed by atoms with E-state index in [1.165, 1.54) is 18.2 Å². The molecule has 0 heterocycles. The third kappa shape index (κ3) is 3.47. The fourth-order valence-corrected chi connectivity index (χ4v) is 1.14. The summed E-state index contributed by atoms with van der Waals surface area (Å²) in [6.45, 7) is 2.66. The Bertz CT molecular complexity index is 293. The van der Waals surface area contributed by atoms with Crippen molar-refractivity contribution in [2.45, 2.75) is 13.3 Å². The number of amides is 1. The number of rotatable bonds is 3. The van der Waals surface area contributed by atoms with Crippen molar-refractivity contribution < 1.29 is 9.53 Å². The Morgan fingerprint density at radius 1 is 1.36 bits per heavy atom. The number of carbonyl (C=O) groups excluding carboxylic acids is 1. The fraction of sp³-hybridized carbons (Fsp3) is 0.364.